The van der Waals surface area contributed by atoms with Gasteiger partial charge < -0.3 is 10.1 Å². The Bertz CT molecular complexity index is 1330. The molecule has 0 amide bonds. The van der Waals surface area contributed by atoms with Crippen LogP contribution in [0.15, 0.2) is 78.9 Å². The zero-order chi connectivity index (χ0) is 20.9. The second-order valence-corrected chi connectivity index (χ2v) is 7.72. The molecule has 1 N–H and O–H groups in total. The lowest BCUT2D eigenvalue weighted by atomic mass is 9.85. The number of ether oxygens (including phenoxy) is 1. The van der Waals surface area contributed by atoms with Gasteiger partial charge in [-0.3, -0.25) is 4.98 Å². The maximum atomic E-state index is 14.2. The first-order valence-electron chi connectivity index (χ1n) is 10.0. The topological polar surface area (TPSA) is 64.9 Å². The summed E-state index contributed by atoms with van der Waals surface area (Å²) >= 11 is 0. The highest BCUT2D eigenvalue weighted by Gasteiger charge is 2.41. The summed E-state index contributed by atoms with van der Waals surface area (Å²) in [7, 11) is 0. The van der Waals surface area contributed by atoms with Crippen molar-refractivity contribution in [1.82, 2.24) is 19.7 Å². The average Bonchev–Trinajstić information content (AvgIpc) is 3.26. The fraction of sp³-hybridized carbons (Fsp3) is 0.125. The lowest BCUT2D eigenvalue weighted by Gasteiger charge is -2.39. The monoisotopic (exact) mass is 411 g/mol. The smallest absolute Gasteiger partial charge is 0.226 e. The normalized spacial score (nSPS) is 19.0. The zero-order valence-corrected chi connectivity index (χ0v) is 16.7. The fourth-order valence-corrected chi connectivity index (χ4v) is 4.39. The van der Waals surface area contributed by atoms with Crippen molar-refractivity contribution in [1.29, 1.82) is 0 Å². The van der Waals surface area contributed by atoms with E-state index in [0.717, 1.165) is 39.3 Å². The number of anilines is 1. The molecular weight excluding hydrogens is 393 g/mol. The molecule has 6 rings (SSSR count). The Morgan fingerprint density at radius 2 is 1.97 bits per heavy atom. The Labute approximate surface area is 178 Å². The first-order valence-corrected chi connectivity index (χ1v) is 10.0. The summed E-state index contributed by atoms with van der Waals surface area (Å²) in [5, 5.41) is 7.93. The van der Waals surface area contributed by atoms with Crippen LogP contribution < -0.4 is 10.1 Å². The highest BCUT2D eigenvalue weighted by Crippen LogP contribution is 2.50. The molecule has 152 valence electrons. The van der Waals surface area contributed by atoms with E-state index in [1.165, 1.54) is 18.5 Å². The van der Waals surface area contributed by atoms with E-state index >= 15 is 0 Å². The van der Waals surface area contributed by atoms with Gasteiger partial charge in [0.15, 0.2) is 0 Å². The molecule has 4 aromatic rings. The van der Waals surface area contributed by atoms with Crippen LogP contribution in [0.4, 0.5) is 10.3 Å². The molecule has 2 aromatic heterocycles. The summed E-state index contributed by atoms with van der Waals surface area (Å²) in [5.41, 5.74) is 5.60. The number of rotatable bonds is 2. The van der Waals surface area contributed by atoms with E-state index < -0.39 is 6.10 Å². The minimum absolute atomic E-state index is 0.302. The van der Waals surface area contributed by atoms with Crippen LogP contribution in [0.5, 0.6) is 5.75 Å². The number of hydrogen-bond donors (Lipinski definition) is 1. The Kier molecular flexibility index (Phi) is 3.89. The number of nitrogens with one attached hydrogen (secondary N) is 1. The Morgan fingerprint density at radius 3 is 2.81 bits per heavy atom. The van der Waals surface area contributed by atoms with E-state index in [9.17, 15) is 4.39 Å². The SMILES string of the molecule is Cc1ccc2c(c1)C1=C([C@H](c3cccc(F)c3)O2)[C@H](c2cccnc2)n2ncnc2N1. The van der Waals surface area contributed by atoms with Crippen molar-refractivity contribution in [2.75, 3.05) is 5.32 Å². The second-order valence-electron chi connectivity index (χ2n) is 7.72. The molecule has 7 heteroatoms. The van der Waals surface area contributed by atoms with Gasteiger partial charge in [0.1, 0.15) is 30.0 Å². The van der Waals surface area contributed by atoms with Crippen molar-refractivity contribution >= 4 is 11.6 Å². The first kappa shape index (κ1) is 17.8. The summed E-state index contributed by atoms with van der Waals surface area (Å²) in [4.78, 5) is 8.74. The molecule has 2 aromatic carbocycles. The maximum Gasteiger partial charge on any atom is 0.226 e. The minimum Gasteiger partial charge on any atom is -0.480 e. The van der Waals surface area contributed by atoms with Crippen LogP contribution in [0.2, 0.25) is 0 Å². The van der Waals surface area contributed by atoms with Crippen molar-refractivity contribution in [3.05, 3.63) is 107 Å². The van der Waals surface area contributed by atoms with Crippen molar-refractivity contribution in [3.8, 4) is 5.75 Å². The van der Waals surface area contributed by atoms with Crippen molar-refractivity contribution < 1.29 is 9.13 Å². The van der Waals surface area contributed by atoms with E-state index in [2.05, 4.69) is 26.4 Å². The van der Waals surface area contributed by atoms with Crippen LogP contribution in [0.25, 0.3) is 5.70 Å². The molecular formula is C24H18FN5O. The van der Waals surface area contributed by atoms with Crippen molar-refractivity contribution in [2.45, 2.75) is 19.1 Å². The molecule has 0 radical (unpaired) electrons. The lowest BCUT2D eigenvalue weighted by molar-refractivity contribution is 0.222. The van der Waals surface area contributed by atoms with E-state index in [1.54, 1.807) is 12.3 Å². The highest BCUT2D eigenvalue weighted by molar-refractivity contribution is 5.85. The average molecular weight is 411 g/mol. The van der Waals surface area contributed by atoms with Gasteiger partial charge in [0.2, 0.25) is 5.95 Å². The third-order valence-corrected chi connectivity index (χ3v) is 5.72. The number of pyridine rings is 1. The highest BCUT2D eigenvalue weighted by atomic mass is 19.1. The second kappa shape index (κ2) is 6.77. The molecule has 0 bridgehead atoms. The van der Waals surface area contributed by atoms with Gasteiger partial charge in [-0.2, -0.15) is 10.1 Å². The summed E-state index contributed by atoms with van der Waals surface area (Å²) in [6, 6.07) is 16.2. The summed E-state index contributed by atoms with van der Waals surface area (Å²) in [5.74, 6) is 1.07. The number of fused-ring (bicyclic) bond motifs is 3. The number of nitrogens with zero attached hydrogens (tertiary/aromatic N) is 4. The summed E-state index contributed by atoms with van der Waals surface area (Å²) < 4.78 is 22.5. The van der Waals surface area contributed by atoms with Gasteiger partial charge in [-0.25, -0.2) is 9.07 Å². The Morgan fingerprint density at radius 1 is 1.06 bits per heavy atom. The molecule has 0 spiro atoms. The Balaban J connectivity index is 1.65. The van der Waals surface area contributed by atoms with Crippen LogP contribution in [0, 0.1) is 12.7 Å². The minimum atomic E-state index is -0.504. The van der Waals surface area contributed by atoms with Crippen LogP contribution in [0.1, 0.15) is 34.4 Å². The van der Waals surface area contributed by atoms with Gasteiger partial charge in [0.25, 0.3) is 0 Å². The number of halogens is 1. The van der Waals surface area contributed by atoms with Crippen LogP contribution in [0.3, 0.4) is 0 Å². The predicted molar refractivity (Wildman–Crippen MR) is 114 cm³/mol. The molecule has 0 fully saturated rings. The standard InChI is InChI=1S/C24H18FN5O/c1-14-7-8-19-18(10-14)21-20(23(31-19)15-4-2-6-17(25)11-15)22(16-5-3-9-26-12-16)30-24(29-21)27-13-28-30/h2-13,22-23H,1H3,(H,27,28,29)/t22-,23-/m0/s1. The Hall–Kier alpha value is -4.00. The fourth-order valence-electron chi connectivity index (χ4n) is 4.39. The number of benzene rings is 2. The maximum absolute atomic E-state index is 14.2. The molecule has 2 aliphatic heterocycles. The van der Waals surface area contributed by atoms with E-state index in [1.807, 2.05) is 48.1 Å². The summed E-state index contributed by atoms with van der Waals surface area (Å²) in [6.07, 6.45) is 4.58. The van der Waals surface area contributed by atoms with Gasteiger partial charge in [-0.15, -0.1) is 0 Å². The van der Waals surface area contributed by atoms with E-state index in [0.29, 0.717) is 5.95 Å². The molecule has 0 aliphatic carbocycles. The van der Waals surface area contributed by atoms with Crippen molar-refractivity contribution in [2.24, 2.45) is 0 Å². The summed E-state index contributed by atoms with van der Waals surface area (Å²) in [6.45, 7) is 2.04. The number of aryl methyl sites for hydroxylation is 1. The van der Waals surface area contributed by atoms with Gasteiger partial charge >= 0.3 is 0 Å². The van der Waals surface area contributed by atoms with Gasteiger partial charge in [-0.05, 0) is 48.4 Å². The number of hydrogen-bond acceptors (Lipinski definition) is 5. The van der Waals surface area contributed by atoms with E-state index in [-0.39, 0.29) is 11.9 Å². The molecule has 0 saturated heterocycles. The van der Waals surface area contributed by atoms with Gasteiger partial charge in [0.05, 0.1) is 5.70 Å². The molecule has 6 nitrogen and oxygen atoms in total. The van der Waals surface area contributed by atoms with Crippen molar-refractivity contribution in [3.63, 3.8) is 0 Å². The molecule has 2 atom stereocenters. The predicted octanol–water partition coefficient (Wildman–Crippen LogP) is 4.68. The molecule has 31 heavy (non-hydrogen) atoms. The lowest BCUT2D eigenvalue weighted by Crippen LogP contribution is -2.32. The molecule has 4 heterocycles. The molecule has 0 saturated carbocycles. The molecule has 2 aliphatic rings. The molecule has 0 unspecified atom stereocenters. The third-order valence-electron chi connectivity index (χ3n) is 5.72. The first-order chi connectivity index (χ1) is 15.2. The largest absolute Gasteiger partial charge is 0.480 e. The van der Waals surface area contributed by atoms with E-state index in [4.69, 9.17) is 4.74 Å². The number of aromatic nitrogens is 4. The third kappa shape index (κ3) is 2.81. The zero-order valence-electron chi connectivity index (χ0n) is 16.7. The van der Waals surface area contributed by atoms with Crippen LogP contribution >= 0.6 is 0 Å². The van der Waals surface area contributed by atoms with Gasteiger partial charge in [-0.1, -0.05) is 29.8 Å². The van der Waals surface area contributed by atoms with Crippen LogP contribution in [-0.4, -0.2) is 19.7 Å². The van der Waals surface area contributed by atoms with Crippen LogP contribution in [-0.2, 0) is 0 Å². The van der Waals surface area contributed by atoms with Gasteiger partial charge in [0, 0.05) is 23.5 Å². The quantitative estimate of drug-likeness (QED) is 0.519.